The van der Waals surface area contributed by atoms with Gasteiger partial charge >= 0.3 is 0 Å². The molecule has 1 heterocycles. The summed E-state index contributed by atoms with van der Waals surface area (Å²) in [5.41, 5.74) is 5.06. The van der Waals surface area contributed by atoms with Crippen LogP contribution in [-0.4, -0.2) is 13.4 Å². The van der Waals surface area contributed by atoms with Crippen LogP contribution in [0.4, 0.5) is 5.69 Å². The van der Waals surface area contributed by atoms with Crippen LogP contribution in [0.2, 0.25) is 0 Å². The van der Waals surface area contributed by atoms with Crippen LogP contribution in [0.15, 0.2) is 83.8 Å². The number of hydrogen-bond donors (Lipinski definition) is 1. The van der Waals surface area contributed by atoms with E-state index in [1.54, 1.807) is 24.3 Å². The maximum atomic E-state index is 12.8. The number of nitrogens with one attached hydrogen (secondary N) is 1. The smallest absolute Gasteiger partial charge is 0.261 e. The van der Waals surface area contributed by atoms with Crippen molar-refractivity contribution in [2.45, 2.75) is 18.7 Å². The highest BCUT2D eigenvalue weighted by Crippen LogP contribution is 2.25. The van der Waals surface area contributed by atoms with Crippen molar-refractivity contribution in [2.24, 2.45) is 0 Å². The maximum absolute atomic E-state index is 12.8. The molecule has 0 saturated heterocycles. The molecule has 0 aliphatic carbocycles. The molecule has 0 unspecified atom stereocenters. The molecule has 0 spiro atoms. The van der Waals surface area contributed by atoms with Crippen molar-refractivity contribution in [1.82, 2.24) is 4.98 Å². The molecule has 5 heteroatoms. The van der Waals surface area contributed by atoms with E-state index < -0.39 is 10.0 Å². The fourth-order valence-corrected chi connectivity index (χ4v) is 4.20. The quantitative estimate of drug-likeness (QED) is 0.515. The number of benzene rings is 3. The Kier molecular flexibility index (Phi) is 4.61. The zero-order valence-corrected chi connectivity index (χ0v) is 16.5. The van der Waals surface area contributed by atoms with Gasteiger partial charge < -0.3 is 0 Å². The Labute approximate surface area is 164 Å². The molecule has 140 valence electrons. The number of para-hydroxylation sites is 1. The summed E-state index contributed by atoms with van der Waals surface area (Å²) in [7, 11) is -3.66. The molecule has 4 aromatic rings. The molecule has 4 nitrogen and oxygen atoms in total. The summed E-state index contributed by atoms with van der Waals surface area (Å²) < 4.78 is 28.2. The topological polar surface area (TPSA) is 59.1 Å². The van der Waals surface area contributed by atoms with E-state index in [4.69, 9.17) is 0 Å². The van der Waals surface area contributed by atoms with E-state index in [0.717, 1.165) is 33.3 Å². The summed E-state index contributed by atoms with van der Waals surface area (Å²) in [6.07, 6.45) is 0. The minimum atomic E-state index is -3.66. The molecular weight excluding hydrogens is 368 g/mol. The summed E-state index contributed by atoms with van der Waals surface area (Å²) in [6.45, 7) is 3.86. The summed E-state index contributed by atoms with van der Waals surface area (Å²) in [4.78, 5) is 4.94. The van der Waals surface area contributed by atoms with Gasteiger partial charge in [-0.3, -0.25) is 4.72 Å². The van der Waals surface area contributed by atoms with Crippen molar-refractivity contribution in [3.8, 4) is 11.3 Å². The molecule has 0 aliphatic rings. The van der Waals surface area contributed by atoms with Gasteiger partial charge in [-0.2, -0.15) is 0 Å². The third-order valence-corrected chi connectivity index (χ3v) is 6.18. The van der Waals surface area contributed by atoms with Gasteiger partial charge in [0.1, 0.15) is 0 Å². The number of pyridine rings is 1. The van der Waals surface area contributed by atoms with E-state index in [1.807, 2.05) is 68.4 Å². The molecule has 3 aromatic carbocycles. The molecule has 0 fully saturated rings. The third kappa shape index (κ3) is 3.62. The lowest BCUT2D eigenvalue weighted by atomic mass is 10.1. The lowest BCUT2D eigenvalue weighted by molar-refractivity contribution is 0.601. The number of nitrogens with zero attached hydrogens (tertiary/aromatic N) is 1. The monoisotopic (exact) mass is 388 g/mol. The molecule has 0 saturated carbocycles. The van der Waals surface area contributed by atoms with Crippen molar-refractivity contribution in [3.05, 3.63) is 90.0 Å². The van der Waals surface area contributed by atoms with Crippen LogP contribution in [0.5, 0.6) is 0 Å². The van der Waals surface area contributed by atoms with Crippen LogP contribution in [0.25, 0.3) is 22.2 Å². The molecule has 0 amide bonds. The van der Waals surface area contributed by atoms with Crippen LogP contribution in [-0.2, 0) is 10.0 Å². The fraction of sp³-hybridized carbons (Fsp3) is 0.0870. The first-order valence-electron chi connectivity index (χ1n) is 8.99. The minimum absolute atomic E-state index is 0.254. The highest BCUT2D eigenvalue weighted by Gasteiger charge is 2.15. The summed E-state index contributed by atoms with van der Waals surface area (Å²) in [5, 5.41) is 1.07. The first kappa shape index (κ1) is 18.2. The average molecular weight is 388 g/mol. The van der Waals surface area contributed by atoms with Gasteiger partial charge in [0.25, 0.3) is 10.0 Å². The molecule has 4 rings (SSSR count). The summed E-state index contributed by atoms with van der Waals surface area (Å²) in [5.74, 6) is 0. The lowest BCUT2D eigenvalue weighted by Gasteiger charge is -2.11. The Morgan fingerprint density at radius 3 is 2.43 bits per heavy atom. The molecule has 0 atom stereocenters. The van der Waals surface area contributed by atoms with Crippen LogP contribution in [0.3, 0.4) is 0 Å². The van der Waals surface area contributed by atoms with Crippen LogP contribution in [0.1, 0.15) is 11.1 Å². The Balaban J connectivity index is 1.67. The Bertz CT molecular complexity index is 1280. The number of rotatable bonds is 4. The minimum Gasteiger partial charge on any atom is -0.280 e. The van der Waals surface area contributed by atoms with Gasteiger partial charge in [-0.25, -0.2) is 13.4 Å². The van der Waals surface area contributed by atoms with Gasteiger partial charge in [0, 0.05) is 16.6 Å². The zero-order chi connectivity index (χ0) is 19.7. The largest absolute Gasteiger partial charge is 0.280 e. The standard InChI is InChI=1S/C23H20N2O2S/c1-16-10-12-21(14-17(16)2)28(26,27)25-20-8-5-7-19(15-20)23-13-11-18-6-3-4-9-22(18)24-23/h3-15,25H,1-2H3. The number of sulfonamides is 1. The van der Waals surface area contributed by atoms with Crippen LogP contribution < -0.4 is 4.72 Å². The van der Waals surface area contributed by atoms with E-state index in [0.29, 0.717) is 5.69 Å². The first-order chi connectivity index (χ1) is 13.4. The van der Waals surface area contributed by atoms with Crippen molar-refractivity contribution >= 4 is 26.6 Å². The second kappa shape index (κ2) is 7.09. The molecule has 1 aromatic heterocycles. The zero-order valence-electron chi connectivity index (χ0n) is 15.7. The second-order valence-corrected chi connectivity index (χ2v) is 8.50. The molecule has 28 heavy (non-hydrogen) atoms. The fourth-order valence-electron chi connectivity index (χ4n) is 3.06. The Morgan fingerprint density at radius 1 is 0.786 bits per heavy atom. The predicted molar refractivity (Wildman–Crippen MR) is 114 cm³/mol. The predicted octanol–water partition coefficient (Wildman–Crippen LogP) is 5.32. The van der Waals surface area contributed by atoms with E-state index in [9.17, 15) is 8.42 Å². The van der Waals surface area contributed by atoms with Crippen molar-refractivity contribution in [1.29, 1.82) is 0 Å². The van der Waals surface area contributed by atoms with Gasteiger partial charge in [0.05, 0.1) is 16.1 Å². The molecule has 1 N–H and O–H groups in total. The van der Waals surface area contributed by atoms with Gasteiger partial charge in [-0.05, 0) is 61.4 Å². The summed E-state index contributed by atoms with van der Waals surface area (Å²) in [6, 6.07) is 24.3. The molecule has 0 bridgehead atoms. The van der Waals surface area contributed by atoms with Gasteiger partial charge in [0.15, 0.2) is 0 Å². The van der Waals surface area contributed by atoms with Crippen molar-refractivity contribution < 1.29 is 8.42 Å². The SMILES string of the molecule is Cc1ccc(S(=O)(=O)Nc2cccc(-c3ccc4ccccc4n3)c2)cc1C. The highest BCUT2D eigenvalue weighted by atomic mass is 32.2. The van der Waals surface area contributed by atoms with Crippen molar-refractivity contribution in [2.75, 3.05) is 4.72 Å². The number of hydrogen-bond acceptors (Lipinski definition) is 3. The van der Waals surface area contributed by atoms with Gasteiger partial charge in [-0.15, -0.1) is 0 Å². The third-order valence-electron chi connectivity index (χ3n) is 4.80. The number of fused-ring (bicyclic) bond motifs is 1. The van der Waals surface area contributed by atoms with E-state index >= 15 is 0 Å². The van der Waals surface area contributed by atoms with Crippen LogP contribution in [0, 0.1) is 13.8 Å². The Hall–Kier alpha value is -3.18. The van der Waals surface area contributed by atoms with Crippen molar-refractivity contribution in [3.63, 3.8) is 0 Å². The Morgan fingerprint density at radius 2 is 1.61 bits per heavy atom. The van der Waals surface area contributed by atoms with Gasteiger partial charge in [-0.1, -0.05) is 42.5 Å². The number of aromatic nitrogens is 1. The number of aryl methyl sites for hydroxylation is 2. The molecular formula is C23H20N2O2S. The second-order valence-electron chi connectivity index (χ2n) is 6.82. The molecule has 0 radical (unpaired) electrons. The maximum Gasteiger partial charge on any atom is 0.261 e. The van der Waals surface area contributed by atoms with E-state index in [-0.39, 0.29) is 4.90 Å². The van der Waals surface area contributed by atoms with E-state index in [1.165, 1.54) is 0 Å². The highest BCUT2D eigenvalue weighted by molar-refractivity contribution is 7.92. The first-order valence-corrected chi connectivity index (χ1v) is 10.5. The van der Waals surface area contributed by atoms with E-state index in [2.05, 4.69) is 9.71 Å². The summed E-state index contributed by atoms with van der Waals surface area (Å²) >= 11 is 0. The number of anilines is 1. The average Bonchev–Trinajstić information content (AvgIpc) is 2.69. The van der Waals surface area contributed by atoms with Gasteiger partial charge in [0.2, 0.25) is 0 Å². The lowest BCUT2D eigenvalue weighted by Crippen LogP contribution is -2.13. The van der Waals surface area contributed by atoms with Crippen LogP contribution >= 0.6 is 0 Å². The molecule has 0 aliphatic heterocycles. The normalized spacial score (nSPS) is 11.5.